The maximum Gasteiger partial charge on any atom is 0.330 e. The molecule has 0 aliphatic heterocycles. The minimum absolute atomic E-state index is 0.207. The molecule has 0 aliphatic rings. The van der Waals surface area contributed by atoms with Crippen molar-refractivity contribution in [3.63, 3.8) is 0 Å². The Morgan fingerprint density at radius 3 is 2.79 bits per heavy atom. The fourth-order valence-electron chi connectivity index (χ4n) is 0.789. The standard InChI is InChI=1S/C9H11N3O2/c1-2-14-8(13)4-3-7-5-11-9(10)12-6-7/h3-6H,2H2,1H3,(H2,10,11,12)/b4-3+. The van der Waals surface area contributed by atoms with E-state index < -0.39 is 0 Å². The molecule has 0 saturated carbocycles. The number of esters is 1. The highest BCUT2D eigenvalue weighted by atomic mass is 16.5. The monoisotopic (exact) mass is 193 g/mol. The predicted octanol–water partition coefficient (Wildman–Crippen LogP) is 0.635. The van der Waals surface area contributed by atoms with Crippen molar-refractivity contribution in [2.45, 2.75) is 6.92 Å². The van der Waals surface area contributed by atoms with Crippen LogP contribution >= 0.6 is 0 Å². The van der Waals surface area contributed by atoms with E-state index in [1.165, 1.54) is 18.5 Å². The smallest absolute Gasteiger partial charge is 0.330 e. The van der Waals surface area contributed by atoms with E-state index in [1.54, 1.807) is 13.0 Å². The van der Waals surface area contributed by atoms with Crippen molar-refractivity contribution in [3.8, 4) is 0 Å². The summed E-state index contributed by atoms with van der Waals surface area (Å²) in [5, 5.41) is 0. The van der Waals surface area contributed by atoms with Gasteiger partial charge in [0.2, 0.25) is 5.95 Å². The van der Waals surface area contributed by atoms with Crippen LogP contribution in [0, 0.1) is 0 Å². The lowest BCUT2D eigenvalue weighted by molar-refractivity contribution is -0.137. The lowest BCUT2D eigenvalue weighted by atomic mass is 10.3. The molecule has 0 bridgehead atoms. The number of nitrogen functional groups attached to an aromatic ring is 1. The van der Waals surface area contributed by atoms with Gasteiger partial charge < -0.3 is 10.5 Å². The molecule has 1 aromatic rings. The molecule has 0 radical (unpaired) electrons. The van der Waals surface area contributed by atoms with Gasteiger partial charge in [0.1, 0.15) is 0 Å². The van der Waals surface area contributed by atoms with Crippen LogP contribution in [0.5, 0.6) is 0 Å². The summed E-state index contributed by atoms with van der Waals surface area (Å²) in [5.74, 6) is -0.178. The third-order valence-corrected chi connectivity index (χ3v) is 1.39. The first-order valence-corrected chi connectivity index (χ1v) is 4.14. The Kier molecular flexibility index (Phi) is 3.60. The third kappa shape index (κ3) is 3.22. The van der Waals surface area contributed by atoms with Gasteiger partial charge in [0.15, 0.2) is 0 Å². The minimum Gasteiger partial charge on any atom is -0.463 e. The predicted molar refractivity (Wildman–Crippen MR) is 52.1 cm³/mol. The summed E-state index contributed by atoms with van der Waals surface area (Å²) in [4.78, 5) is 18.4. The largest absolute Gasteiger partial charge is 0.463 e. The van der Waals surface area contributed by atoms with Crippen LogP contribution in [0.3, 0.4) is 0 Å². The number of hydrogen-bond acceptors (Lipinski definition) is 5. The molecule has 1 heterocycles. The Hall–Kier alpha value is -1.91. The van der Waals surface area contributed by atoms with Crippen LogP contribution < -0.4 is 5.73 Å². The van der Waals surface area contributed by atoms with Crippen LogP contribution in [0.25, 0.3) is 6.08 Å². The lowest BCUT2D eigenvalue weighted by Crippen LogP contribution is -1.99. The molecule has 5 nitrogen and oxygen atoms in total. The normalized spacial score (nSPS) is 10.4. The van der Waals surface area contributed by atoms with E-state index >= 15 is 0 Å². The molecule has 1 rings (SSSR count). The van der Waals surface area contributed by atoms with Crippen LogP contribution in [0.1, 0.15) is 12.5 Å². The van der Waals surface area contributed by atoms with Gasteiger partial charge >= 0.3 is 5.97 Å². The zero-order chi connectivity index (χ0) is 10.4. The van der Waals surface area contributed by atoms with E-state index in [9.17, 15) is 4.79 Å². The quantitative estimate of drug-likeness (QED) is 0.562. The average Bonchev–Trinajstić information content (AvgIpc) is 2.17. The first-order chi connectivity index (χ1) is 6.72. The van der Waals surface area contributed by atoms with Crippen LogP contribution in [0.2, 0.25) is 0 Å². The molecular formula is C9H11N3O2. The van der Waals surface area contributed by atoms with Gasteiger partial charge in [-0.1, -0.05) is 0 Å². The van der Waals surface area contributed by atoms with Crippen molar-refractivity contribution in [1.29, 1.82) is 0 Å². The molecule has 0 atom stereocenters. The summed E-state index contributed by atoms with van der Waals surface area (Å²) in [7, 11) is 0. The Labute approximate surface area is 81.6 Å². The van der Waals surface area contributed by atoms with Gasteiger partial charge in [-0.2, -0.15) is 0 Å². The van der Waals surface area contributed by atoms with E-state index in [1.807, 2.05) is 0 Å². The van der Waals surface area contributed by atoms with Crippen molar-refractivity contribution in [1.82, 2.24) is 9.97 Å². The summed E-state index contributed by atoms with van der Waals surface area (Å²) in [6.07, 6.45) is 5.94. The average molecular weight is 193 g/mol. The topological polar surface area (TPSA) is 78.1 Å². The molecule has 5 heteroatoms. The molecule has 0 aromatic carbocycles. The van der Waals surface area contributed by atoms with Crippen molar-refractivity contribution < 1.29 is 9.53 Å². The van der Waals surface area contributed by atoms with Crippen molar-refractivity contribution in [2.75, 3.05) is 12.3 Å². The molecule has 0 unspecified atom stereocenters. The van der Waals surface area contributed by atoms with Gasteiger partial charge in [0.25, 0.3) is 0 Å². The maximum atomic E-state index is 10.9. The molecule has 0 saturated heterocycles. The number of hydrogen-bond donors (Lipinski definition) is 1. The van der Waals surface area contributed by atoms with Crippen LogP contribution in [0.4, 0.5) is 5.95 Å². The highest BCUT2D eigenvalue weighted by Crippen LogP contribution is 1.99. The fraction of sp³-hybridized carbons (Fsp3) is 0.222. The third-order valence-electron chi connectivity index (χ3n) is 1.39. The van der Waals surface area contributed by atoms with E-state index in [2.05, 4.69) is 9.97 Å². The summed E-state index contributed by atoms with van der Waals surface area (Å²) in [6, 6.07) is 0. The Bertz CT molecular complexity index is 332. The number of rotatable bonds is 3. The number of carbonyl (C=O) groups excluding carboxylic acids is 1. The molecule has 2 N–H and O–H groups in total. The second-order valence-electron chi connectivity index (χ2n) is 2.46. The first kappa shape index (κ1) is 10.2. The second kappa shape index (κ2) is 4.96. The van der Waals surface area contributed by atoms with Gasteiger partial charge in [0.05, 0.1) is 6.61 Å². The van der Waals surface area contributed by atoms with E-state index in [4.69, 9.17) is 10.5 Å². The summed E-state index contributed by atoms with van der Waals surface area (Å²) in [5.41, 5.74) is 5.99. The maximum absolute atomic E-state index is 10.9. The number of ether oxygens (including phenoxy) is 1. The van der Waals surface area contributed by atoms with Crippen LogP contribution in [-0.4, -0.2) is 22.5 Å². The zero-order valence-corrected chi connectivity index (χ0v) is 7.80. The number of anilines is 1. The molecule has 74 valence electrons. The van der Waals surface area contributed by atoms with Gasteiger partial charge in [-0.15, -0.1) is 0 Å². The van der Waals surface area contributed by atoms with E-state index in [0.29, 0.717) is 12.2 Å². The number of nitrogens with zero attached hydrogens (tertiary/aromatic N) is 2. The van der Waals surface area contributed by atoms with Gasteiger partial charge in [-0.3, -0.25) is 0 Å². The Morgan fingerprint density at radius 2 is 2.21 bits per heavy atom. The van der Waals surface area contributed by atoms with Crippen LogP contribution in [0.15, 0.2) is 18.5 Å². The second-order valence-corrected chi connectivity index (χ2v) is 2.46. The summed E-state index contributed by atoms with van der Waals surface area (Å²) in [6.45, 7) is 2.11. The van der Waals surface area contributed by atoms with Gasteiger partial charge in [0, 0.05) is 24.0 Å². The van der Waals surface area contributed by atoms with Gasteiger partial charge in [-0.05, 0) is 13.0 Å². The molecule has 0 aliphatic carbocycles. The van der Waals surface area contributed by atoms with E-state index in [0.717, 1.165) is 0 Å². The molecule has 14 heavy (non-hydrogen) atoms. The molecule has 0 fully saturated rings. The molecule has 0 amide bonds. The zero-order valence-electron chi connectivity index (χ0n) is 7.80. The SMILES string of the molecule is CCOC(=O)/C=C/c1cnc(N)nc1. The fourth-order valence-corrected chi connectivity index (χ4v) is 0.789. The molecular weight excluding hydrogens is 182 g/mol. The van der Waals surface area contributed by atoms with Crippen molar-refractivity contribution in [2.24, 2.45) is 0 Å². The first-order valence-electron chi connectivity index (χ1n) is 4.14. The van der Waals surface area contributed by atoms with Crippen LogP contribution in [-0.2, 0) is 9.53 Å². The highest BCUT2D eigenvalue weighted by molar-refractivity contribution is 5.86. The summed E-state index contributed by atoms with van der Waals surface area (Å²) < 4.78 is 4.70. The Balaban J connectivity index is 2.60. The number of nitrogens with two attached hydrogens (primary N) is 1. The van der Waals surface area contributed by atoms with Crippen molar-refractivity contribution in [3.05, 3.63) is 24.0 Å². The Morgan fingerprint density at radius 1 is 1.57 bits per heavy atom. The number of carbonyl (C=O) groups is 1. The van der Waals surface area contributed by atoms with Gasteiger partial charge in [-0.25, -0.2) is 14.8 Å². The molecule has 0 spiro atoms. The minimum atomic E-state index is -0.385. The lowest BCUT2D eigenvalue weighted by Gasteiger charge is -1.95. The van der Waals surface area contributed by atoms with Crippen molar-refractivity contribution >= 4 is 18.0 Å². The summed E-state index contributed by atoms with van der Waals surface area (Å²) >= 11 is 0. The van der Waals surface area contributed by atoms with E-state index in [-0.39, 0.29) is 11.9 Å². The molecule has 1 aromatic heterocycles. The number of aromatic nitrogens is 2. The highest BCUT2D eigenvalue weighted by Gasteiger charge is 1.94.